The molecule has 0 aliphatic heterocycles. The van der Waals surface area contributed by atoms with E-state index in [1.165, 1.54) is 50.8 Å². The smallest absolute Gasteiger partial charge is 0.194 e. The van der Waals surface area contributed by atoms with Crippen LogP contribution in [0, 0.1) is 20.8 Å². The molecular weight excluding hydrogens is 278 g/mol. The summed E-state index contributed by atoms with van der Waals surface area (Å²) in [4.78, 5) is 0. The number of benzene rings is 2. The molecule has 0 bridgehead atoms. The molecule has 0 aliphatic rings. The van der Waals surface area contributed by atoms with Crippen molar-refractivity contribution in [2.45, 2.75) is 40.5 Å². The van der Waals surface area contributed by atoms with Crippen molar-refractivity contribution in [2.24, 2.45) is 7.05 Å². The van der Waals surface area contributed by atoms with Crippen LogP contribution in [0.2, 0.25) is 0 Å². The van der Waals surface area contributed by atoms with Gasteiger partial charge in [-0.1, -0.05) is 31.0 Å². The molecule has 0 N–H and O–H groups in total. The Morgan fingerprint density at radius 2 is 1.70 bits per heavy atom. The van der Waals surface area contributed by atoms with Crippen molar-refractivity contribution < 1.29 is 4.57 Å². The van der Waals surface area contributed by atoms with E-state index in [0.29, 0.717) is 0 Å². The maximum Gasteiger partial charge on any atom is 0.213 e. The Balaban J connectivity index is 2.20. The van der Waals surface area contributed by atoms with Crippen LogP contribution < -0.4 is 4.57 Å². The van der Waals surface area contributed by atoms with E-state index in [2.05, 4.69) is 81.8 Å². The summed E-state index contributed by atoms with van der Waals surface area (Å²) >= 11 is 0. The first-order chi connectivity index (χ1) is 11.0. The molecule has 3 rings (SSSR count). The molecule has 0 radical (unpaired) electrons. The molecule has 118 valence electrons. The highest BCUT2D eigenvalue weighted by Gasteiger charge is 2.17. The van der Waals surface area contributed by atoms with Gasteiger partial charge in [-0.25, -0.2) is 0 Å². The third-order valence-corrected chi connectivity index (χ3v) is 4.86. The Morgan fingerprint density at radius 3 is 2.43 bits per heavy atom. The molecule has 0 fully saturated rings. The Hall–Kier alpha value is -2.15. The number of fused-ring (bicyclic) bond motifs is 1. The van der Waals surface area contributed by atoms with E-state index in [-0.39, 0.29) is 0 Å². The summed E-state index contributed by atoms with van der Waals surface area (Å²) in [7, 11) is 2.17. The topological polar surface area (TPSA) is 3.88 Å². The van der Waals surface area contributed by atoms with E-state index < -0.39 is 0 Å². The largest absolute Gasteiger partial charge is 0.213 e. The minimum atomic E-state index is 1.15. The molecule has 0 amide bonds. The van der Waals surface area contributed by atoms with Gasteiger partial charge in [0.2, 0.25) is 11.2 Å². The molecule has 0 spiro atoms. The number of aryl methyl sites for hydroxylation is 4. The zero-order chi connectivity index (χ0) is 16.6. The van der Waals surface area contributed by atoms with Crippen molar-refractivity contribution in [3.05, 3.63) is 64.7 Å². The summed E-state index contributed by atoms with van der Waals surface area (Å²) < 4.78 is 2.33. The number of hydrogen-bond donors (Lipinski definition) is 0. The fourth-order valence-electron chi connectivity index (χ4n) is 3.47. The average Bonchev–Trinajstić information content (AvgIpc) is 2.52. The fourth-order valence-corrected chi connectivity index (χ4v) is 3.47. The third kappa shape index (κ3) is 2.88. The van der Waals surface area contributed by atoms with Crippen LogP contribution in [0.15, 0.2) is 42.5 Å². The van der Waals surface area contributed by atoms with Gasteiger partial charge in [-0.2, -0.15) is 4.57 Å². The SMILES string of the molecule is CCCc1ccc2c(ccc(-c3cc(C)cc(C)c3C)[n+]2C)c1. The van der Waals surface area contributed by atoms with Gasteiger partial charge in [0, 0.05) is 23.1 Å². The minimum Gasteiger partial charge on any atom is -0.194 e. The van der Waals surface area contributed by atoms with Crippen LogP contribution in [0.25, 0.3) is 22.2 Å². The molecule has 2 aromatic carbocycles. The lowest BCUT2D eigenvalue weighted by Crippen LogP contribution is -2.32. The highest BCUT2D eigenvalue weighted by Crippen LogP contribution is 2.26. The lowest BCUT2D eigenvalue weighted by Gasteiger charge is -2.10. The van der Waals surface area contributed by atoms with Gasteiger partial charge >= 0.3 is 0 Å². The summed E-state index contributed by atoms with van der Waals surface area (Å²) in [6.45, 7) is 8.83. The fraction of sp³-hybridized carbons (Fsp3) is 0.318. The summed E-state index contributed by atoms with van der Waals surface area (Å²) in [6, 6.07) is 16.0. The highest BCUT2D eigenvalue weighted by molar-refractivity contribution is 5.79. The van der Waals surface area contributed by atoms with Crippen molar-refractivity contribution in [3.8, 4) is 11.3 Å². The second-order valence-electron chi connectivity index (χ2n) is 6.68. The normalized spacial score (nSPS) is 11.2. The van der Waals surface area contributed by atoms with E-state index >= 15 is 0 Å². The molecule has 0 saturated carbocycles. The van der Waals surface area contributed by atoms with Gasteiger partial charge in [0.15, 0.2) is 0 Å². The zero-order valence-corrected chi connectivity index (χ0v) is 14.9. The lowest BCUT2D eigenvalue weighted by molar-refractivity contribution is -0.633. The van der Waals surface area contributed by atoms with Crippen LogP contribution in [-0.4, -0.2) is 0 Å². The lowest BCUT2D eigenvalue weighted by atomic mass is 9.96. The van der Waals surface area contributed by atoms with Crippen molar-refractivity contribution in [1.82, 2.24) is 0 Å². The van der Waals surface area contributed by atoms with E-state index in [0.717, 1.165) is 6.42 Å². The van der Waals surface area contributed by atoms with Crippen LogP contribution in [-0.2, 0) is 13.5 Å². The second-order valence-corrected chi connectivity index (χ2v) is 6.68. The van der Waals surface area contributed by atoms with Gasteiger partial charge in [-0.15, -0.1) is 0 Å². The standard InChI is InChI=1S/C22H26N/c1-6-7-18-8-10-21-19(14-18)9-11-22(23(21)5)20-13-15(2)12-16(3)17(20)4/h8-14H,6-7H2,1-5H3/q+1. The van der Waals surface area contributed by atoms with E-state index in [9.17, 15) is 0 Å². The van der Waals surface area contributed by atoms with Crippen molar-refractivity contribution >= 4 is 10.9 Å². The molecule has 23 heavy (non-hydrogen) atoms. The number of nitrogens with zero attached hydrogens (tertiary/aromatic N) is 1. The minimum absolute atomic E-state index is 1.15. The van der Waals surface area contributed by atoms with Crippen molar-refractivity contribution in [1.29, 1.82) is 0 Å². The van der Waals surface area contributed by atoms with Gasteiger partial charge in [0.25, 0.3) is 0 Å². The number of pyridine rings is 1. The molecule has 1 heteroatoms. The van der Waals surface area contributed by atoms with Gasteiger partial charge < -0.3 is 0 Å². The highest BCUT2D eigenvalue weighted by atomic mass is 14.9. The molecule has 0 atom stereocenters. The van der Waals surface area contributed by atoms with Crippen LogP contribution in [0.1, 0.15) is 35.6 Å². The summed E-state index contributed by atoms with van der Waals surface area (Å²) in [5.41, 5.74) is 9.39. The predicted octanol–water partition coefficient (Wildman–Crippen LogP) is 5.21. The Labute approximate surface area is 139 Å². The first-order valence-corrected chi connectivity index (χ1v) is 8.51. The molecular formula is C22H26N+. The second kappa shape index (κ2) is 6.16. The predicted molar refractivity (Wildman–Crippen MR) is 98.8 cm³/mol. The Morgan fingerprint density at radius 1 is 0.913 bits per heavy atom. The Bertz CT molecular complexity index is 875. The molecule has 0 aliphatic carbocycles. The number of rotatable bonds is 3. The van der Waals surface area contributed by atoms with Crippen LogP contribution in [0.5, 0.6) is 0 Å². The van der Waals surface area contributed by atoms with Crippen LogP contribution >= 0.6 is 0 Å². The maximum atomic E-state index is 2.33. The summed E-state index contributed by atoms with van der Waals surface area (Å²) in [6.07, 6.45) is 2.34. The van der Waals surface area contributed by atoms with Gasteiger partial charge in [0.05, 0.1) is 0 Å². The van der Waals surface area contributed by atoms with E-state index in [4.69, 9.17) is 0 Å². The van der Waals surface area contributed by atoms with Gasteiger partial charge in [0.1, 0.15) is 7.05 Å². The quantitative estimate of drug-likeness (QED) is 0.585. The zero-order valence-electron chi connectivity index (χ0n) is 14.9. The molecule has 0 saturated heterocycles. The van der Waals surface area contributed by atoms with Crippen LogP contribution in [0.3, 0.4) is 0 Å². The molecule has 1 aromatic heterocycles. The van der Waals surface area contributed by atoms with Crippen LogP contribution in [0.4, 0.5) is 0 Å². The van der Waals surface area contributed by atoms with Gasteiger partial charge in [-0.3, -0.25) is 0 Å². The summed E-state index contributed by atoms with van der Waals surface area (Å²) in [5.74, 6) is 0. The average molecular weight is 304 g/mol. The number of hydrogen-bond acceptors (Lipinski definition) is 0. The van der Waals surface area contributed by atoms with E-state index in [1.807, 2.05) is 0 Å². The summed E-state index contributed by atoms with van der Waals surface area (Å²) in [5, 5.41) is 1.32. The van der Waals surface area contributed by atoms with Gasteiger partial charge in [-0.05, 0) is 62.1 Å². The van der Waals surface area contributed by atoms with Crippen molar-refractivity contribution in [2.75, 3.05) is 0 Å². The molecule has 3 aromatic rings. The molecule has 0 unspecified atom stereocenters. The third-order valence-electron chi connectivity index (χ3n) is 4.86. The Kier molecular flexibility index (Phi) is 4.21. The molecule has 1 heterocycles. The number of aromatic nitrogens is 1. The van der Waals surface area contributed by atoms with Crippen molar-refractivity contribution in [3.63, 3.8) is 0 Å². The monoisotopic (exact) mass is 304 g/mol. The van der Waals surface area contributed by atoms with E-state index in [1.54, 1.807) is 0 Å². The molecule has 1 nitrogen and oxygen atoms in total. The maximum absolute atomic E-state index is 2.33. The first-order valence-electron chi connectivity index (χ1n) is 8.51. The first kappa shape index (κ1) is 15.7.